The number of nitrogens with zero attached hydrogens (tertiary/aromatic N) is 2. The Balaban J connectivity index is 1.77. The molecule has 6 nitrogen and oxygen atoms in total. The number of ether oxygens (including phenoxy) is 1. The Morgan fingerprint density at radius 1 is 1.16 bits per heavy atom. The average Bonchev–Trinajstić information content (AvgIpc) is 3.20. The number of aromatic amines is 1. The largest absolute Gasteiger partial charge is 0.478 e. The molecule has 1 fully saturated rings. The third-order valence-electron chi connectivity index (χ3n) is 6.96. The Labute approximate surface area is 192 Å². The van der Waals surface area contributed by atoms with Crippen molar-refractivity contribution in [2.24, 2.45) is 0 Å². The average molecular weight is 452 g/mol. The van der Waals surface area contributed by atoms with Gasteiger partial charge in [-0.05, 0) is 69.2 Å². The Morgan fingerprint density at radius 2 is 1.94 bits per heavy atom. The summed E-state index contributed by atoms with van der Waals surface area (Å²) in [5.41, 5.74) is 7.35. The summed E-state index contributed by atoms with van der Waals surface area (Å²) < 4.78 is 5.78. The molecule has 3 aromatic heterocycles. The molecule has 5 rings (SSSR count). The minimum absolute atomic E-state index is 0.187. The van der Waals surface area contributed by atoms with Gasteiger partial charge >= 0.3 is 5.97 Å². The molecule has 0 aromatic carbocycles. The number of carboxylic acid groups (broad SMARTS) is 1. The lowest BCUT2D eigenvalue weighted by atomic mass is 9.69. The summed E-state index contributed by atoms with van der Waals surface area (Å²) in [6, 6.07) is 5.33. The Hall–Kier alpha value is -2.70. The number of H-pyrrole nitrogens is 1. The molecule has 0 spiro atoms. The van der Waals surface area contributed by atoms with Crippen LogP contribution in [-0.2, 0) is 23.0 Å². The normalized spacial score (nSPS) is 17.7. The summed E-state index contributed by atoms with van der Waals surface area (Å²) in [7, 11) is 0. The number of rotatable bonds is 4. The first-order valence-electron chi connectivity index (χ1n) is 11.1. The van der Waals surface area contributed by atoms with Gasteiger partial charge in [-0.3, -0.25) is 9.97 Å². The Kier molecular flexibility index (Phi) is 5.51. The maximum absolute atomic E-state index is 11.4. The number of carboxylic acids is 1. The van der Waals surface area contributed by atoms with Crippen LogP contribution in [0.3, 0.4) is 0 Å². The van der Waals surface area contributed by atoms with E-state index >= 15 is 0 Å². The second kappa shape index (κ2) is 8.34. The van der Waals surface area contributed by atoms with E-state index in [9.17, 15) is 9.90 Å². The summed E-state index contributed by atoms with van der Waals surface area (Å²) in [4.78, 5) is 24.4. The van der Waals surface area contributed by atoms with Crippen molar-refractivity contribution in [3.63, 3.8) is 0 Å². The summed E-state index contributed by atoms with van der Waals surface area (Å²) in [6.45, 7) is 3.29. The predicted octanol–water partition coefficient (Wildman–Crippen LogP) is 5.11. The molecule has 32 heavy (non-hydrogen) atoms. The lowest BCUT2D eigenvalue weighted by Gasteiger charge is -2.39. The molecular weight excluding hydrogens is 426 g/mol. The molecule has 0 atom stereocenters. The van der Waals surface area contributed by atoms with E-state index in [1.54, 1.807) is 12.3 Å². The number of aryl methyl sites for hydroxylation is 2. The van der Waals surface area contributed by atoms with Crippen molar-refractivity contribution in [2.45, 2.75) is 50.9 Å². The van der Waals surface area contributed by atoms with E-state index in [-0.39, 0.29) is 11.0 Å². The van der Waals surface area contributed by atoms with Crippen molar-refractivity contribution in [3.8, 4) is 11.3 Å². The number of carbonyl (C=O) groups is 1. The van der Waals surface area contributed by atoms with E-state index < -0.39 is 5.97 Å². The summed E-state index contributed by atoms with van der Waals surface area (Å²) in [5.74, 6) is -0.973. The number of hydrogen-bond donors (Lipinski definition) is 2. The van der Waals surface area contributed by atoms with Crippen LogP contribution >= 0.6 is 11.6 Å². The van der Waals surface area contributed by atoms with Crippen LogP contribution in [0, 0.1) is 6.92 Å². The monoisotopic (exact) mass is 451 g/mol. The van der Waals surface area contributed by atoms with E-state index in [1.165, 1.54) is 17.5 Å². The molecule has 0 bridgehead atoms. The molecule has 1 aliphatic carbocycles. The summed E-state index contributed by atoms with van der Waals surface area (Å²) in [6.07, 6.45) is 9.05. The second-order valence-electron chi connectivity index (χ2n) is 8.72. The van der Waals surface area contributed by atoms with Crippen LogP contribution in [0.4, 0.5) is 0 Å². The fourth-order valence-electron chi connectivity index (χ4n) is 5.45. The Morgan fingerprint density at radius 3 is 2.62 bits per heavy atom. The van der Waals surface area contributed by atoms with E-state index in [2.05, 4.69) is 15.0 Å². The minimum atomic E-state index is -0.973. The topological polar surface area (TPSA) is 88.1 Å². The highest BCUT2D eigenvalue weighted by molar-refractivity contribution is 6.31. The van der Waals surface area contributed by atoms with Gasteiger partial charge in [-0.25, -0.2) is 4.79 Å². The van der Waals surface area contributed by atoms with Crippen LogP contribution < -0.4 is 0 Å². The number of fused-ring (bicyclic) bond motifs is 1. The first kappa shape index (κ1) is 21.2. The van der Waals surface area contributed by atoms with Gasteiger partial charge in [0.05, 0.1) is 11.3 Å². The molecule has 0 radical (unpaired) electrons. The van der Waals surface area contributed by atoms with E-state index in [0.29, 0.717) is 18.2 Å². The molecule has 0 saturated carbocycles. The van der Waals surface area contributed by atoms with Crippen LogP contribution in [0.25, 0.3) is 11.3 Å². The van der Waals surface area contributed by atoms with Gasteiger partial charge in [0, 0.05) is 64.3 Å². The highest BCUT2D eigenvalue weighted by Gasteiger charge is 2.43. The highest BCUT2D eigenvalue weighted by atomic mass is 35.5. The fourth-order valence-corrected chi connectivity index (χ4v) is 5.82. The van der Waals surface area contributed by atoms with Gasteiger partial charge in [-0.15, -0.1) is 0 Å². The van der Waals surface area contributed by atoms with Gasteiger partial charge in [0.25, 0.3) is 0 Å². The molecule has 1 aliphatic heterocycles. The molecule has 166 valence electrons. The van der Waals surface area contributed by atoms with Crippen molar-refractivity contribution in [2.75, 3.05) is 13.2 Å². The van der Waals surface area contributed by atoms with Gasteiger partial charge in [0.15, 0.2) is 0 Å². The molecule has 7 heteroatoms. The zero-order chi connectivity index (χ0) is 22.3. The SMILES string of the molecule is Cc1nccc(Cl)c1C1(c2[nH]c3c(c2-c2ccc(C(=O)O)cn2)CCCC3)CCOCC1. The van der Waals surface area contributed by atoms with Crippen LogP contribution in [-0.4, -0.2) is 39.2 Å². The predicted molar refractivity (Wildman–Crippen MR) is 122 cm³/mol. The van der Waals surface area contributed by atoms with Gasteiger partial charge in [0.1, 0.15) is 0 Å². The standard InChI is InChI=1S/C25H26ClN3O3/c1-15-22(18(26)8-11-27-15)25(9-12-32-13-10-25)23-21(17-4-2-3-5-19(17)29-23)20-7-6-16(14-28-20)24(30)31/h6-8,11,14,29H,2-5,9-10,12-13H2,1H3,(H,30,31). The van der Waals surface area contributed by atoms with E-state index in [1.807, 2.05) is 19.1 Å². The molecule has 0 amide bonds. The lowest BCUT2D eigenvalue weighted by Crippen LogP contribution is -2.37. The maximum Gasteiger partial charge on any atom is 0.337 e. The third kappa shape index (κ3) is 3.42. The van der Waals surface area contributed by atoms with Gasteiger partial charge in [0.2, 0.25) is 0 Å². The summed E-state index contributed by atoms with van der Waals surface area (Å²) in [5, 5.41) is 10.0. The molecule has 2 N–H and O–H groups in total. The van der Waals surface area contributed by atoms with Gasteiger partial charge < -0.3 is 14.8 Å². The van der Waals surface area contributed by atoms with Crippen molar-refractivity contribution < 1.29 is 14.6 Å². The summed E-state index contributed by atoms with van der Waals surface area (Å²) >= 11 is 6.81. The quantitative estimate of drug-likeness (QED) is 0.575. The number of hydrogen-bond acceptors (Lipinski definition) is 4. The lowest BCUT2D eigenvalue weighted by molar-refractivity contribution is 0.0618. The molecule has 1 saturated heterocycles. The van der Waals surface area contributed by atoms with Crippen LogP contribution in [0.15, 0.2) is 30.6 Å². The smallest absolute Gasteiger partial charge is 0.337 e. The first-order chi connectivity index (χ1) is 15.5. The van der Waals surface area contributed by atoms with Crippen molar-refractivity contribution >= 4 is 17.6 Å². The van der Waals surface area contributed by atoms with Crippen LogP contribution in [0.2, 0.25) is 5.02 Å². The van der Waals surface area contributed by atoms with Crippen molar-refractivity contribution in [1.82, 2.24) is 15.0 Å². The highest BCUT2D eigenvalue weighted by Crippen LogP contribution is 2.49. The zero-order valence-corrected chi connectivity index (χ0v) is 18.8. The molecule has 2 aliphatic rings. The van der Waals surface area contributed by atoms with Crippen LogP contribution in [0.1, 0.15) is 64.2 Å². The van der Waals surface area contributed by atoms with Gasteiger partial charge in [-0.2, -0.15) is 0 Å². The Bertz CT molecular complexity index is 1140. The molecular formula is C25H26ClN3O3. The molecule has 0 unspecified atom stereocenters. The second-order valence-corrected chi connectivity index (χ2v) is 9.13. The zero-order valence-electron chi connectivity index (χ0n) is 18.1. The number of pyridine rings is 2. The maximum atomic E-state index is 11.4. The number of halogens is 1. The number of aromatic nitrogens is 3. The third-order valence-corrected chi connectivity index (χ3v) is 7.27. The minimum Gasteiger partial charge on any atom is -0.478 e. The van der Waals surface area contributed by atoms with Crippen molar-refractivity contribution in [1.29, 1.82) is 0 Å². The number of nitrogens with one attached hydrogen (secondary N) is 1. The van der Waals surface area contributed by atoms with Crippen LogP contribution in [0.5, 0.6) is 0 Å². The van der Waals surface area contributed by atoms with Gasteiger partial charge in [-0.1, -0.05) is 11.6 Å². The van der Waals surface area contributed by atoms with E-state index in [0.717, 1.165) is 66.7 Å². The molecule has 4 heterocycles. The molecule has 3 aromatic rings. The van der Waals surface area contributed by atoms with E-state index in [4.69, 9.17) is 16.3 Å². The fraction of sp³-hybridized carbons (Fsp3) is 0.400. The first-order valence-corrected chi connectivity index (χ1v) is 11.5. The van der Waals surface area contributed by atoms with Crippen molar-refractivity contribution in [3.05, 3.63) is 69.4 Å². The number of aromatic carboxylic acids is 1.